The molecule has 6 heteroatoms. The van der Waals surface area contributed by atoms with Gasteiger partial charge in [0.25, 0.3) is 10.0 Å². The van der Waals surface area contributed by atoms with Gasteiger partial charge < -0.3 is 4.74 Å². The molecular weight excluding hydrogens is 456 g/mol. The first kappa shape index (κ1) is 25.5. The van der Waals surface area contributed by atoms with Gasteiger partial charge in [-0.15, -0.1) is 0 Å². The molecule has 0 atom stereocenters. The lowest BCUT2D eigenvalue weighted by Gasteiger charge is -2.14. The second kappa shape index (κ2) is 11.3. The standard InChI is InChI=1S/C29H28N2O3S/c1-6-9-10-12-21(4)25-17-18-30-27-15-13-22(19-26(25)27)23-14-16-29(34-5)28(20-23)31-35(32,33)24(8-3)11-7-2/h6-20,31H,1-3H2,4-5H3/b10-9-,21-12+,24-11+. The van der Waals surface area contributed by atoms with E-state index in [2.05, 4.69) is 35.5 Å². The van der Waals surface area contributed by atoms with Gasteiger partial charge in [-0.3, -0.25) is 9.71 Å². The van der Waals surface area contributed by atoms with Crippen molar-refractivity contribution in [2.24, 2.45) is 0 Å². The quantitative estimate of drug-likeness (QED) is 0.313. The number of fused-ring (bicyclic) bond motifs is 1. The molecule has 0 bridgehead atoms. The van der Waals surface area contributed by atoms with Crippen LogP contribution in [0.25, 0.3) is 27.6 Å². The molecule has 3 rings (SSSR count). The molecule has 0 saturated heterocycles. The summed E-state index contributed by atoms with van der Waals surface area (Å²) in [5, 5.41) is 0.992. The molecule has 0 amide bonds. The van der Waals surface area contributed by atoms with Crippen LogP contribution in [-0.4, -0.2) is 20.5 Å². The number of nitrogens with zero attached hydrogens (tertiary/aromatic N) is 1. The number of benzene rings is 2. The van der Waals surface area contributed by atoms with E-state index in [1.807, 2.05) is 49.4 Å². The van der Waals surface area contributed by atoms with E-state index >= 15 is 0 Å². The number of hydrogen-bond donors (Lipinski definition) is 1. The molecule has 0 spiro atoms. The third-order valence-electron chi connectivity index (χ3n) is 5.33. The second-order valence-electron chi connectivity index (χ2n) is 7.59. The van der Waals surface area contributed by atoms with Gasteiger partial charge in [-0.25, -0.2) is 8.42 Å². The fraction of sp³-hybridized carbons (Fsp3) is 0.0690. The molecule has 1 heterocycles. The van der Waals surface area contributed by atoms with Crippen molar-refractivity contribution < 1.29 is 13.2 Å². The van der Waals surface area contributed by atoms with Crippen LogP contribution in [0.5, 0.6) is 5.75 Å². The maximum atomic E-state index is 12.9. The summed E-state index contributed by atoms with van der Waals surface area (Å²) in [6.07, 6.45) is 13.4. The number of hydrogen-bond acceptors (Lipinski definition) is 4. The first-order valence-corrected chi connectivity index (χ1v) is 12.3. The summed E-state index contributed by atoms with van der Waals surface area (Å²) in [6.45, 7) is 12.9. The number of anilines is 1. The molecule has 178 valence electrons. The van der Waals surface area contributed by atoms with Crippen molar-refractivity contribution in [3.8, 4) is 16.9 Å². The van der Waals surface area contributed by atoms with Crippen molar-refractivity contribution in [3.63, 3.8) is 0 Å². The van der Waals surface area contributed by atoms with E-state index in [-0.39, 0.29) is 4.91 Å². The maximum absolute atomic E-state index is 12.9. The second-order valence-corrected chi connectivity index (χ2v) is 9.27. The van der Waals surface area contributed by atoms with Crippen LogP contribution in [0.4, 0.5) is 5.69 Å². The maximum Gasteiger partial charge on any atom is 0.261 e. The normalized spacial score (nSPS) is 12.5. The highest BCUT2D eigenvalue weighted by Crippen LogP contribution is 2.34. The third kappa shape index (κ3) is 5.86. The summed E-state index contributed by atoms with van der Waals surface area (Å²) in [5.74, 6) is 0.398. The highest BCUT2D eigenvalue weighted by atomic mass is 32.2. The number of methoxy groups -OCH3 is 1. The Labute approximate surface area is 207 Å². The highest BCUT2D eigenvalue weighted by molar-refractivity contribution is 7.96. The van der Waals surface area contributed by atoms with Gasteiger partial charge in [0.1, 0.15) is 5.75 Å². The van der Waals surface area contributed by atoms with Crippen molar-refractivity contribution in [2.75, 3.05) is 11.8 Å². The van der Waals surface area contributed by atoms with Gasteiger partial charge in [0.05, 0.1) is 23.2 Å². The van der Waals surface area contributed by atoms with Gasteiger partial charge in [0.2, 0.25) is 0 Å². The number of rotatable bonds is 10. The molecule has 1 aromatic heterocycles. The predicted octanol–water partition coefficient (Wildman–Crippen LogP) is 7.05. The minimum atomic E-state index is -3.87. The van der Waals surface area contributed by atoms with E-state index in [0.29, 0.717) is 11.4 Å². The third-order valence-corrected chi connectivity index (χ3v) is 6.74. The molecular formula is C29H28N2O3S. The zero-order chi connectivity index (χ0) is 25.4. The van der Waals surface area contributed by atoms with Crippen molar-refractivity contribution in [1.82, 2.24) is 4.98 Å². The number of sulfonamides is 1. The van der Waals surface area contributed by atoms with Gasteiger partial charge in [0.15, 0.2) is 0 Å². The minimum Gasteiger partial charge on any atom is -0.495 e. The van der Waals surface area contributed by atoms with E-state index in [1.54, 1.807) is 24.4 Å². The first-order chi connectivity index (χ1) is 16.8. The number of pyridine rings is 1. The molecule has 0 radical (unpaired) electrons. The zero-order valence-corrected chi connectivity index (χ0v) is 20.7. The van der Waals surface area contributed by atoms with Crippen LogP contribution in [0.3, 0.4) is 0 Å². The summed E-state index contributed by atoms with van der Waals surface area (Å²) in [7, 11) is -2.38. The van der Waals surface area contributed by atoms with Crippen LogP contribution in [0.2, 0.25) is 0 Å². The average molecular weight is 485 g/mol. The smallest absolute Gasteiger partial charge is 0.261 e. The monoisotopic (exact) mass is 484 g/mol. The summed E-state index contributed by atoms with van der Waals surface area (Å²) >= 11 is 0. The van der Waals surface area contributed by atoms with Crippen molar-refractivity contribution in [1.29, 1.82) is 0 Å². The Balaban J connectivity index is 2.11. The first-order valence-electron chi connectivity index (χ1n) is 10.9. The molecule has 5 nitrogen and oxygen atoms in total. The number of aromatic nitrogens is 1. The fourth-order valence-electron chi connectivity index (χ4n) is 3.59. The Morgan fingerprint density at radius 2 is 1.71 bits per heavy atom. The van der Waals surface area contributed by atoms with Gasteiger partial charge in [0, 0.05) is 11.6 Å². The molecule has 0 aliphatic carbocycles. The molecule has 35 heavy (non-hydrogen) atoms. The number of ether oxygens (including phenoxy) is 1. The van der Waals surface area contributed by atoms with Crippen LogP contribution < -0.4 is 9.46 Å². The predicted molar refractivity (Wildman–Crippen MR) is 148 cm³/mol. The largest absolute Gasteiger partial charge is 0.495 e. The molecule has 0 saturated carbocycles. The summed E-state index contributed by atoms with van der Waals surface area (Å²) in [5.41, 5.74) is 5.06. The Morgan fingerprint density at radius 1 is 0.971 bits per heavy atom. The topological polar surface area (TPSA) is 68.3 Å². The van der Waals surface area contributed by atoms with Gasteiger partial charge in [-0.1, -0.05) is 62.2 Å². The van der Waals surface area contributed by atoms with E-state index < -0.39 is 10.0 Å². The molecule has 0 aliphatic heterocycles. The fourth-order valence-corrected chi connectivity index (χ4v) is 4.65. The van der Waals surface area contributed by atoms with Crippen molar-refractivity contribution >= 4 is 32.2 Å². The van der Waals surface area contributed by atoms with Crippen molar-refractivity contribution in [2.45, 2.75) is 6.92 Å². The lowest BCUT2D eigenvalue weighted by atomic mass is 9.97. The number of nitrogens with one attached hydrogen (secondary N) is 1. The Morgan fingerprint density at radius 3 is 2.40 bits per heavy atom. The molecule has 2 aromatic carbocycles. The van der Waals surface area contributed by atoms with E-state index in [9.17, 15) is 8.42 Å². The van der Waals surface area contributed by atoms with E-state index in [4.69, 9.17) is 4.74 Å². The van der Waals surface area contributed by atoms with Gasteiger partial charge in [-0.05, 0) is 71.7 Å². The average Bonchev–Trinajstić information content (AvgIpc) is 2.86. The summed E-state index contributed by atoms with van der Waals surface area (Å²) in [6, 6.07) is 13.3. The van der Waals surface area contributed by atoms with Crippen LogP contribution in [0.15, 0.2) is 116 Å². The Kier molecular flexibility index (Phi) is 8.23. The minimum absolute atomic E-state index is 0.00847. The van der Waals surface area contributed by atoms with Crippen LogP contribution in [-0.2, 0) is 10.0 Å². The molecule has 0 unspecified atom stereocenters. The molecule has 1 N–H and O–H groups in total. The Hall–Kier alpha value is -4.16. The molecule has 0 fully saturated rings. The number of allylic oxidation sites excluding steroid dienone is 8. The van der Waals surface area contributed by atoms with Crippen LogP contribution in [0, 0.1) is 0 Å². The summed E-state index contributed by atoms with van der Waals surface area (Å²) < 4.78 is 33.7. The van der Waals surface area contributed by atoms with Crippen LogP contribution >= 0.6 is 0 Å². The SMILES string of the molecule is C=C/C=C\C=C(/C)c1ccnc2ccc(-c3ccc(OC)c(NS(=O)(=O)/C(C=C)=C/C=C)c3)cc12. The Bertz CT molecular complexity index is 1480. The lowest BCUT2D eigenvalue weighted by molar-refractivity contribution is 0.417. The van der Waals surface area contributed by atoms with E-state index in [0.717, 1.165) is 33.2 Å². The highest BCUT2D eigenvalue weighted by Gasteiger charge is 2.18. The van der Waals surface area contributed by atoms with Crippen molar-refractivity contribution in [3.05, 3.63) is 121 Å². The molecule has 0 aliphatic rings. The lowest BCUT2D eigenvalue weighted by Crippen LogP contribution is -2.14. The zero-order valence-electron chi connectivity index (χ0n) is 19.9. The van der Waals surface area contributed by atoms with Gasteiger partial charge >= 0.3 is 0 Å². The van der Waals surface area contributed by atoms with Gasteiger partial charge in [-0.2, -0.15) is 0 Å². The summed E-state index contributed by atoms with van der Waals surface area (Å²) in [4.78, 5) is 4.51. The van der Waals surface area contributed by atoms with E-state index in [1.165, 1.54) is 25.3 Å². The van der Waals surface area contributed by atoms with Crippen LogP contribution in [0.1, 0.15) is 12.5 Å². The molecule has 3 aromatic rings.